The largest absolute Gasteiger partial charge is 0.497 e. The van der Waals surface area contributed by atoms with Crippen molar-refractivity contribution in [2.45, 2.75) is 38.5 Å². The lowest BCUT2D eigenvalue weighted by Gasteiger charge is -2.36. The Bertz CT molecular complexity index is 1120. The lowest BCUT2D eigenvalue weighted by Crippen LogP contribution is -2.36. The van der Waals surface area contributed by atoms with Crippen LogP contribution in [0.1, 0.15) is 49.7 Å². The van der Waals surface area contributed by atoms with Gasteiger partial charge in [0, 0.05) is 29.3 Å². The third-order valence-corrected chi connectivity index (χ3v) is 6.09. The molecule has 1 N–H and O–H groups in total. The molecule has 2 aromatic rings. The molecule has 2 unspecified atom stereocenters. The third-order valence-electron chi connectivity index (χ3n) is 6.09. The van der Waals surface area contributed by atoms with Crippen molar-refractivity contribution in [1.82, 2.24) is 5.32 Å². The molecule has 6 heteroatoms. The number of allylic oxidation sites excluding steroid dienone is 3. The van der Waals surface area contributed by atoms with Gasteiger partial charge in [-0.05, 0) is 61.6 Å². The van der Waals surface area contributed by atoms with Crippen LogP contribution in [0.4, 0.5) is 4.39 Å². The summed E-state index contributed by atoms with van der Waals surface area (Å²) in [6.07, 6.45) is 0.931. The lowest BCUT2D eigenvalue weighted by atomic mass is 9.71. The van der Waals surface area contributed by atoms with E-state index < -0.39 is 17.7 Å². The molecule has 166 valence electrons. The van der Waals surface area contributed by atoms with Gasteiger partial charge in [-0.3, -0.25) is 4.79 Å². The SMILES string of the molecule is CCOC(=O)C1=C(C)NC2=C(C(=O)CC(c3ccc(OC)cc3)C2)C1c1cccc(F)c1. The molecule has 0 amide bonds. The number of halogens is 1. The first-order chi connectivity index (χ1) is 15.4. The maximum Gasteiger partial charge on any atom is 0.336 e. The Kier molecular flexibility index (Phi) is 6.12. The summed E-state index contributed by atoms with van der Waals surface area (Å²) in [5.41, 5.74) is 3.90. The number of rotatable bonds is 5. The molecule has 1 heterocycles. The molecule has 4 rings (SSSR count). The molecule has 0 bridgehead atoms. The van der Waals surface area contributed by atoms with E-state index in [0.717, 1.165) is 17.0 Å². The summed E-state index contributed by atoms with van der Waals surface area (Å²) in [5, 5.41) is 3.29. The zero-order valence-corrected chi connectivity index (χ0v) is 18.4. The molecule has 1 aliphatic carbocycles. The molecule has 32 heavy (non-hydrogen) atoms. The van der Waals surface area contributed by atoms with Crippen molar-refractivity contribution >= 4 is 11.8 Å². The number of benzene rings is 2. The smallest absolute Gasteiger partial charge is 0.336 e. The van der Waals surface area contributed by atoms with Crippen molar-refractivity contribution in [3.63, 3.8) is 0 Å². The topological polar surface area (TPSA) is 64.6 Å². The van der Waals surface area contributed by atoms with Gasteiger partial charge in [0.15, 0.2) is 5.78 Å². The summed E-state index contributed by atoms with van der Waals surface area (Å²) in [4.78, 5) is 26.3. The Morgan fingerprint density at radius 2 is 1.88 bits per heavy atom. The summed E-state index contributed by atoms with van der Waals surface area (Å²) >= 11 is 0. The number of carbonyl (C=O) groups excluding carboxylic acids is 2. The fourth-order valence-electron chi connectivity index (χ4n) is 4.65. The second-order valence-electron chi connectivity index (χ2n) is 8.07. The molecular formula is C26H26FNO4. The second kappa shape index (κ2) is 8.99. The molecule has 5 nitrogen and oxygen atoms in total. The summed E-state index contributed by atoms with van der Waals surface area (Å²) in [5.74, 6) is -0.861. The number of nitrogens with one attached hydrogen (secondary N) is 1. The van der Waals surface area contributed by atoms with Gasteiger partial charge < -0.3 is 14.8 Å². The standard InChI is InChI=1S/C26H26FNO4/c1-4-32-26(30)23-15(2)28-21-13-18(16-8-10-20(31-3)11-9-16)14-22(29)25(21)24(23)17-6-5-7-19(27)12-17/h5-12,18,24,28H,4,13-14H2,1-3H3. The number of Topliss-reactive ketones (excluding diaryl/α,β-unsaturated/α-hetero) is 1. The van der Waals surface area contributed by atoms with Crippen molar-refractivity contribution < 1.29 is 23.5 Å². The number of hydrogen-bond donors (Lipinski definition) is 1. The minimum absolute atomic E-state index is 0.00441. The van der Waals surface area contributed by atoms with Crippen LogP contribution in [-0.4, -0.2) is 25.5 Å². The van der Waals surface area contributed by atoms with Gasteiger partial charge in [-0.1, -0.05) is 24.3 Å². The van der Waals surface area contributed by atoms with Gasteiger partial charge in [-0.15, -0.1) is 0 Å². The minimum atomic E-state index is -0.662. The highest BCUT2D eigenvalue weighted by molar-refractivity contribution is 6.04. The zero-order chi connectivity index (χ0) is 22.8. The van der Waals surface area contributed by atoms with Crippen LogP contribution in [-0.2, 0) is 14.3 Å². The molecule has 2 aromatic carbocycles. The quantitative estimate of drug-likeness (QED) is 0.686. The Morgan fingerprint density at radius 3 is 2.53 bits per heavy atom. The van der Waals surface area contributed by atoms with Crippen LogP contribution in [0, 0.1) is 5.82 Å². The van der Waals surface area contributed by atoms with Gasteiger partial charge >= 0.3 is 5.97 Å². The number of ether oxygens (including phenoxy) is 2. The fourth-order valence-corrected chi connectivity index (χ4v) is 4.65. The normalized spacial score (nSPS) is 20.6. The van der Waals surface area contributed by atoms with E-state index in [0.29, 0.717) is 35.2 Å². The first-order valence-electron chi connectivity index (χ1n) is 10.7. The van der Waals surface area contributed by atoms with Gasteiger partial charge in [0.05, 0.1) is 19.3 Å². The average molecular weight is 435 g/mol. The Hall–Kier alpha value is -3.41. The van der Waals surface area contributed by atoms with Crippen LogP contribution in [0.25, 0.3) is 0 Å². The Balaban J connectivity index is 1.77. The highest BCUT2D eigenvalue weighted by atomic mass is 19.1. The number of carbonyl (C=O) groups is 2. The molecule has 0 aromatic heterocycles. The first-order valence-corrected chi connectivity index (χ1v) is 10.7. The van der Waals surface area contributed by atoms with Gasteiger partial charge in [0.2, 0.25) is 0 Å². The summed E-state index contributed by atoms with van der Waals surface area (Å²) in [6.45, 7) is 3.74. The number of dihydropyridines is 1. The van der Waals surface area contributed by atoms with Crippen molar-refractivity contribution in [2.24, 2.45) is 0 Å². The summed E-state index contributed by atoms with van der Waals surface area (Å²) < 4.78 is 24.6. The number of hydrogen-bond acceptors (Lipinski definition) is 5. The van der Waals surface area contributed by atoms with Gasteiger partial charge in [0.1, 0.15) is 11.6 Å². The first kappa shape index (κ1) is 21.8. The van der Waals surface area contributed by atoms with Crippen molar-refractivity contribution in [3.05, 3.63) is 88.0 Å². The molecule has 0 saturated heterocycles. The van der Waals surface area contributed by atoms with Crippen LogP contribution in [0.15, 0.2) is 71.1 Å². The van der Waals surface area contributed by atoms with Crippen LogP contribution in [0.2, 0.25) is 0 Å². The molecule has 0 saturated carbocycles. The van der Waals surface area contributed by atoms with Crippen molar-refractivity contribution in [2.75, 3.05) is 13.7 Å². The average Bonchev–Trinajstić information content (AvgIpc) is 2.78. The van der Waals surface area contributed by atoms with Crippen LogP contribution < -0.4 is 10.1 Å². The van der Waals surface area contributed by atoms with Gasteiger partial charge in [-0.25, -0.2) is 9.18 Å². The summed E-state index contributed by atoms with van der Waals surface area (Å²) in [6, 6.07) is 13.8. The molecule has 1 aliphatic heterocycles. The molecular weight excluding hydrogens is 409 g/mol. The van der Waals surface area contributed by atoms with E-state index in [2.05, 4.69) is 5.32 Å². The van der Waals surface area contributed by atoms with E-state index in [1.807, 2.05) is 24.3 Å². The summed E-state index contributed by atoms with van der Waals surface area (Å²) in [7, 11) is 1.62. The van der Waals surface area contributed by atoms with Crippen molar-refractivity contribution in [1.29, 1.82) is 0 Å². The highest BCUT2D eigenvalue weighted by Crippen LogP contribution is 2.45. The Morgan fingerprint density at radius 1 is 1.12 bits per heavy atom. The highest BCUT2D eigenvalue weighted by Gasteiger charge is 2.41. The van der Waals surface area contributed by atoms with Crippen molar-refractivity contribution in [3.8, 4) is 5.75 Å². The minimum Gasteiger partial charge on any atom is -0.497 e. The van der Waals surface area contributed by atoms with Gasteiger partial charge in [0.25, 0.3) is 0 Å². The maximum atomic E-state index is 14.1. The molecule has 0 radical (unpaired) electrons. The van der Waals surface area contributed by atoms with Gasteiger partial charge in [-0.2, -0.15) is 0 Å². The number of methoxy groups -OCH3 is 1. The van der Waals surface area contributed by atoms with E-state index in [1.54, 1.807) is 33.1 Å². The third kappa shape index (κ3) is 4.05. The van der Waals surface area contributed by atoms with E-state index in [9.17, 15) is 14.0 Å². The number of ketones is 1. The Labute approximate surface area is 186 Å². The number of esters is 1. The molecule has 0 fully saturated rings. The van der Waals surface area contributed by atoms with E-state index in [-0.39, 0.29) is 18.3 Å². The van der Waals surface area contributed by atoms with Crippen LogP contribution in [0.5, 0.6) is 5.75 Å². The molecule has 0 spiro atoms. The fraction of sp³-hybridized carbons (Fsp3) is 0.308. The predicted octanol–water partition coefficient (Wildman–Crippen LogP) is 4.76. The molecule has 2 atom stereocenters. The molecule has 2 aliphatic rings. The second-order valence-corrected chi connectivity index (χ2v) is 8.07. The predicted molar refractivity (Wildman–Crippen MR) is 119 cm³/mol. The maximum absolute atomic E-state index is 14.1. The van der Waals surface area contributed by atoms with E-state index >= 15 is 0 Å². The van der Waals surface area contributed by atoms with E-state index in [4.69, 9.17) is 9.47 Å². The lowest BCUT2D eigenvalue weighted by molar-refractivity contribution is -0.138. The monoisotopic (exact) mass is 435 g/mol. The van der Waals surface area contributed by atoms with E-state index in [1.165, 1.54) is 12.1 Å². The van der Waals surface area contributed by atoms with Crippen LogP contribution >= 0.6 is 0 Å². The van der Waals surface area contributed by atoms with Crippen LogP contribution in [0.3, 0.4) is 0 Å². The zero-order valence-electron chi connectivity index (χ0n) is 18.4.